The van der Waals surface area contributed by atoms with Crippen molar-refractivity contribution in [3.63, 3.8) is 0 Å². The number of benzene rings is 1. The van der Waals surface area contributed by atoms with Crippen molar-refractivity contribution in [1.82, 2.24) is 10.2 Å². The number of nitrogens with one attached hydrogen (secondary N) is 2. The smallest absolute Gasteiger partial charge is 0.388 e. The van der Waals surface area contributed by atoms with Crippen LogP contribution in [0.5, 0.6) is 0 Å². The molecule has 136 valence electrons. The van der Waals surface area contributed by atoms with Crippen LogP contribution in [-0.2, 0) is 6.18 Å². The van der Waals surface area contributed by atoms with Crippen molar-refractivity contribution in [1.29, 1.82) is 0 Å². The Morgan fingerprint density at radius 1 is 1.44 bits per heavy atom. The maximum Gasteiger partial charge on any atom is 0.434 e. The Hall–Kier alpha value is -2.29. The van der Waals surface area contributed by atoms with Crippen molar-refractivity contribution < 1.29 is 17.6 Å². The van der Waals surface area contributed by atoms with E-state index < -0.39 is 17.5 Å². The van der Waals surface area contributed by atoms with Crippen molar-refractivity contribution in [3.05, 3.63) is 34.3 Å². The van der Waals surface area contributed by atoms with E-state index in [2.05, 4.69) is 15.5 Å². The number of hydrogen-bond acceptors (Lipinski definition) is 5. The zero-order chi connectivity index (χ0) is 18.4. The molecule has 0 aliphatic heterocycles. The molecule has 2 aromatic rings. The van der Waals surface area contributed by atoms with E-state index in [1.54, 1.807) is 0 Å². The van der Waals surface area contributed by atoms with Gasteiger partial charge >= 0.3 is 11.9 Å². The molecule has 0 bridgehead atoms. The van der Waals surface area contributed by atoms with Gasteiger partial charge in [-0.3, -0.25) is 0 Å². The van der Waals surface area contributed by atoms with Gasteiger partial charge in [-0.1, -0.05) is 13.8 Å². The van der Waals surface area contributed by atoms with E-state index in [0.29, 0.717) is 6.54 Å². The zero-order valence-electron chi connectivity index (χ0n) is 13.8. The molecule has 1 aromatic carbocycles. The maximum atomic E-state index is 13.3. The summed E-state index contributed by atoms with van der Waals surface area (Å²) in [4.78, 5) is 11.0. The molecule has 25 heavy (non-hydrogen) atoms. The van der Waals surface area contributed by atoms with Gasteiger partial charge in [0, 0.05) is 23.8 Å². The molecular weight excluding hydrogens is 337 g/mol. The van der Waals surface area contributed by atoms with E-state index in [9.17, 15) is 18.0 Å². The van der Waals surface area contributed by atoms with Gasteiger partial charge < -0.3 is 15.5 Å². The fraction of sp³-hybridized carbons (Fsp3) is 0.500. The molecule has 1 heterocycles. The number of alkyl halides is 3. The Balaban J connectivity index is 1.88. The maximum absolute atomic E-state index is 13.3. The molecule has 0 unspecified atom stereocenters. The summed E-state index contributed by atoms with van der Waals surface area (Å²) in [6.45, 7) is 4.39. The second-order valence-corrected chi connectivity index (χ2v) is 6.92. The van der Waals surface area contributed by atoms with Crippen LogP contribution >= 0.6 is 0 Å². The number of nitrogens with two attached hydrogens (primary N) is 1. The molecule has 0 spiro atoms. The molecule has 0 radical (unpaired) electrons. The topological polar surface area (TPSA) is 96.9 Å². The number of anilines is 1. The molecule has 6 nitrogen and oxygen atoms in total. The van der Waals surface area contributed by atoms with E-state index in [0.717, 1.165) is 12.5 Å². The van der Waals surface area contributed by atoms with Crippen LogP contribution in [0.4, 0.5) is 18.9 Å². The van der Waals surface area contributed by atoms with Crippen LogP contribution in [0.15, 0.2) is 27.4 Å². The minimum atomic E-state index is -4.50. The lowest BCUT2D eigenvalue weighted by molar-refractivity contribution is -0.137. The highest BCUT2D eigenvalue weighted by molar-refractivity contribution is 5.65. The minimum Gasteiger partial charge on any atom is -0.388 e. The molecule has 2 atom stereocenters. The lowest BCUT2D eigenvalue weighted by atomic mass is 9.59. The summed E-state index contributed by atoms with van der Waals surface area (Å²) in [6.07, 6.45) is -3.74. The summed E-state index contributed by atoms with van der Waals surface area (Å²) in [5, 5.41) is 8.61. The summed E-state index contributed by atoms with van der Waals surface area (Å²) in [7, 11) is 0. The number of aromatic amines is 1. The largest absolute Gasteiger partial charge is 0.434 e. The predicted molar refractivity (Wildman–Crippen MR) is 85.9 cm³/mol. The highest BCUT2D eigenvalue weighted by Gasteiger charge is 2.45. The van der Waals surface area contributed by atoms with E-state index in [-0.39, 0.29) is 34.5 Å². The first-order chi connectivity index (χ1) is 11.6. The first kappa shape index (κ1) is 17.5. The van der Waals surface area contributed by atoms with Gasteiger partial charge in [-0.25, -0.2) is 9.89 Å². The molecule has 3 rings (SSSR count). The Labute approximate surface area is 141 Å². The van der Waals surface area contributed by atoms with Crippen molar-refractivity contribution in [2.75, 3.05) is 11.9 Å². The SMILES string of the molecule is CC1(C)[C@@H](CNc2cc(-c3n[nH]c(=O)o3)ccc2C(F)(F)F)C[C@H]1N. The average Bonchev–Trinajstić information content (AvgIpc) is 2.96. The lowest BCUT2D eigenvalue weighted by Crippen LogP contribution is -2.56. The van der Waals surface area contributed by atoms with Crippen LogP contribution < -0.4 is 16.8 Å². The van der Waals surface area contributed by atoms with Crippen LogP contribution in [0.1, 0.15) is 25.8 Å². The van der Waals surface area contributed by atoms with Crippen molar-refractivity contribution in [3.8, 4) is 11.5 Å². The van der Waals surface area contributed by atoms with Crippen LogP contribution in [0.3, 0.4) is 0 Å². The molecule has 0 amide bonds. The molecular formula is C16H19F3N4O2. The van der Waals surface area contributed by atoms with Crippen LogP contribution in [0.25, 0.3) is 11.5 Å². The van der Waals surface area contributed by atoms with Gasteiger partial charge in [0.05, 0.1) is 5.56 Å². The Morgan fingerprint density at radius 2 is 2.16 bits per heavy atom. The predicted octanol–water partition coefficient (Wildman–Crippen LogP) is 2.83. The summed E-state index contributed by atoms with van der Waals surface area (Å²) in [5.74, 6) is -0.655. The fourth-order valence-electron chi connectivity index (χ4n) is 3.06. The molecule has 9 heteroatoms. The third kappa shape index (κ3) is 3.28. The van der Waals surface area contributed by atoms with Gasteiger partial charge in [-0.05, 0) is 36.0 Å². The van der Waals surface area contributed by atoms with Crippen molar-refractivity contribution >= 4 is 5.69 Å². The normalized spacial score (nSPS) is 22.5. The van der Waals surface area contributed by atoms with E-state index in [4.69, 9.17) is 10.2 Å². The minimum absolute atomic E-state index is 0.0473. The molecule has 1 fully saturated rings. The van der Waals surface area contributed by atoms with Gasteiger partial charge in [-0.2, -0.15) is 13.2 Å². The monoisotopic (exact) mass is 356 g/mol. The van der Waals surface area contributed by atoms with Crippen LogP contribution in [0.2, 0.25) is 0 Å². The number of rotatable bonds is 4. The van der Waals surface area contributed by atoms with Crippen molar-refractivity contribution in [2.24, 2.45) is 17.1 Å². The molecule has 1 saturated carbocycles. The zero-order valence-corrected chi connectivity index (χ0v) is 13.8. The quantitative estimate of drug-likeness (QED) is 0.783. The summed E-state index contributed by atoms with van der Waals surface area (Å²) >= 11 is 0. The number of H-pyrrole nitrogens is 1. The summed E-state index contributed by atoms with van der Waals surface area (Å²) in [6, 6.07) is 3.50. The highest BCUT2D eigenvalue weighted by atomic mass is 19.4. The second-order valence-electron chi connectivity index (χ2n) is 6.92. The van der Waals surface area contributed by atoms with Gasteiger partial charge in [0.15, 0.2) is 0 Å². The average molecular weight is 356 g/mol. The van der Waals surface area contributed by atoms with Gasteiger partial charge in [-0.15, -0.1) is 5.10 Å². The third-order valence-corrected chi connectivity index (χ3v) is 5.10. The van der Waals surface area contributed by atoms with Gasteiger partial charge in [0.2, 0.25) is 5.89 Å². The number of hydrogen-bond donors (Lipinski definition) is 3. The van der Waals surface area contributed by atoms with Crippen molar-refractivity contribution in [2.45, 2.75) is 32.5 Å². The van der Waals surface area contributed by atoms with E-state index in [1.165, 1.54) is 12.1 Å². The van der Waals surface area contributed by atoms with Crippen LogP contribution in [0, 0.1) is 11.3 Å². The highest BCUT2D eigenvalue weighted by Crippen LogP contribution is 2.45. The lowest BCUT2D eigenvalue weighted by Gasteiger charge is -2.50. The second kappa shape index (κ2) is 5.91. The first-order valence-corrected chi connectivity index (χ1v) is 7.85. The fourth-order valence-corrected chi connectivity index (χ4v) is 3.06. The molecule has 1 aliphatic rings. The third-order valence-electron chi connectivity index (χ3n) is 5.10. The number of nitrogens with zero attached hydrogens (tertiary/aromatic N) is 1. The Morgan fingerprint density at radius 3 is 2.68 bits per heavy atom. The molecule has 1 aromatic heterocycles. The first-order valence-electron chi connectivity index (χ1n) is 7.85. The summed E-state index contributed by atoms with van der Waals surface area (Å²) < 4.78 is 44.6. The molecule has 4 N–H and O–H groups in total. The summed E-state index contributed by atoms with van der Waals surface area (Å²) in [5.41, 5.74) is 5.25. The van der Waals surface area contributed by atoms with E-state index >= 15 is 0 Å². The Bertz CT molecular complexity index is 825. The van der Waals surface area contributed by atoms with E-state index in [1.807, 2.05) is 13.8 Å². The van der Waals surface area contributed by atoms with Crippen LogP contribution in [-0.4, -0.2) is 22.8 Å². The number of halogens is 3. The Kier molecular flexibility index (Phi) is 4.14. The van der Waals surface area contributed by atoms with Gasteiger partial charge in [0.25, 0.3) is 0 Å². The molecule has 1 aliphatic carbocycles. The van der Waals surface area contributed by atoms with Gasteiger partial charge in [0.1, 0.15) is 0 Å². The molecule has 0 saturated heterocycles. The standard InChI is InChI=1S/C16H19F3N4O2/c1-15(2)9(6-12(15)20)7-21-11-5-8(13-22-23-14(24)25-13)3-4-10(11)16(17,18)19/h3-5,9,12,21H,6-7,20H2,1-2H3,(H,23,24)/t9-,12-/m1/s1. The number of aromatic nitrogens is 2.